The van der Waals surface area contributed by atoms with Crippen LogP contribution in [0.25, 0.3) is 21.5 Å². The van der Waals surface area contributed by atoms with Crippen LogP contribution in [0.4, 0.5) is 11.4 Å². The van der Waals surface area contributed by atoms with Gasteiger partial charge in [0.25, 0.3) is 11.8 Å². The van der Waals surface area contributed by atoms with E-state index in [1.165, 1.54) is 60.7 Å². The van der Waals surface area contributed by atoms with E-state index < -0.39 is 56.9 Å². The first-order valence-corrected chi connectivity index (χ1v) is 16.4. The van der Waals surface area contributed by atoms with E-state index in [2.05, 4.69) is 16.7 Å². The summed E-state index contributed by atoms with van der Waals surface area (Å²) >= 11 is 0. The van der Waals surface area contributed by atoms with E-state index in [9.17, 15) is 48.5 Å². The van der Waals surface area contributed by atoms with Gasteiger partial charge >= 0.3 is 75.4 Å². The van der Waals surface area contributed by atoms with Crippen LogP contribution in [0.5, 0.6) is 0 Å². The summed E-state index contributed by atoms with van der Waals surface area (Å²) in [5, 5.41) is 5.34. The van der Waals surface area contributed by atoms with Gasteiger partial charge in [0.05, 0.1) is 19.9 Å². The van der Waals surface area contributed by atoms with Crippen molar-refractivity contribution in [1.82, 2.24) is 0 Å². The molecule has 226 valence electrons. The van der Waals surface area contributed by atoms with Gasteiger partial charge in [-0.2, -0.15) is 18.2 Å². The number of fused-ring (bicyclic) bond motifs is 2. The maximum atomic E-state index is 13.0. The van der Waals surface area contributed by atoms with Crippen LogP contribution in [0.3, 0.4) is 0 Å². The number of carbonyl (C=O) groups excluding carboxylic acids is 2. The number of benzene rings is 5. The van der Waals surface area contributed by atoms with Crippen LogP contribution in [0.1, 0.15) is 20.7 Å². The Morgan fingerprint density at radius 3 is 1.50 bits per heavy atom. The molecule has 0 aliphatic heterocycles. The van der Waals surface area contributed by atoms with Gasteiger partial charge in [-0.15, -0.1) is 10.8 Å². The molecule has 0 saturated carbocycles. The zero-order chi connectivity index (χ0) is 32.0. The molecule has 0 spiro atoms. The van der Waals surface area contributed by atoms with Gasteiger partial charge in [-0.1, -0.05) is 24.3 Å². The molecule has 5 rings (SSSR count). The third-order valence-electron chi connectivity index (χ3n) is 6.39. The monoisotopic (exact) mass is 680 g/mol. The van der Waals surface area contributed by atoms with Crippen molar-refractivity contribution in [2.24, 2.45) is 0 Å². The maximum absolute atomic E-state index is 13.0. The molecule has 0 heterocycles. The van der Waals surface area contributed by atoms with Crippen LogP contribution in [0, 0.1) is 6.07 Å². The molecule has 0 aromatic heterocycles. The van der Waals surface area contributed by atoms with Gasteiger partial charge in [0, 0.05) is 22.5 Å². The zero-order valence-corrected chi connectivity index (χ0v) is 28.2. The summed E-state index contributed by atoms with van der Waals surface area (Å²) in [6, 6.07) is 19.8. The van der Waals surface area contributed by atoms with E-state index in [1.807, 2.05) is 0 Å². The number of nitrogens with one attached hydrogen (secondary N) is 2. The molecule has 0 bridgehead atoms. The quantitative estimate of drug-likeness (QED) is 0.0932. The molecule has 0 fully saturated rings. The molecular weight excluding hydrogens is 664 g/mol. The number of anilines is 2. The molecule has 48 heavy (non-hydrogen) atoms. The fourth-order valence-electron chi connectivity index (χ4n) is 4.42. The van der Waals surface area contributed by atoms with Gasteiger partial charge in [-0.05, 0) is 64.2 Å². The summed E-state index contributed by atoms with van der Waals surface area (Å²) in [6.45, 7) is 0. The predicted octanol–water partition coefficient (Wildman–Crippen LogP) is -8.97. The van der Waals surface area contributed by atoms with Crippen molar-refractivity contribution in [2.75, 3.05) is 10.6 Å². The summed E-state index contributed by atoms with van der Waals surface area (Å²) in [5.41, 5.74) is 0.407. The molecule has 20 heteroatoms. The molecule has 0 radical (unpaired) electrons. The first-order valence-electron chi connectivity index (χ1n) is 12.1. The van der Waals surface area contributed by atoms with Gasteiger partial charge < -0.3 is 24.3 Å². The Kier molecular flexibility index (Phi) is 15.1. The van der Waals surface area contributed by atoms with Crippen molar-refractivity contribution in [2.45, 2.75) is 14.7 Å². The molecule has 2 amide bonds. The van der Waals surface area contributed by atoms with Crippen molar-refractivity contribution in [1.29, 1.82) is 0 Å². The Morgan fingerprint density at radius 1 is 0.542 bits per heavy atom. The van der Waals surface area contributed by atoms with Crippen molar-refractivity contribution >= 4 is 75.1 Å². The molecule has 0 atom stereocenters. The second-order valence-corrected chi connectivity index (χ2v) is 13.4. The fourth-order valence-corrected chi connectivity index (χ4v) is 6.42. The maximum Gasteiger partial charge on any atom is 1.00 e. The van der Waals surface area contributed by atoms with Gasteiger partial charge in [0.15, 0.2) is 0 Å². The van der Waals surface area contributed by atoms with E-state index in [0.717, 1.165) is 18.2 Å². The van der Waals surface area contributed by atoms with E-state index in [0.29, 0.717) is 11.5 Å². The molecule has 0 aliphatic carbocycles. The van der Waals surface area contributed by atoms with Crippen molar-refractivity contribution < 1.29 is 124 Å². The van der Waals surface area contributed by atoms with E-state index in [4.69, 9.17) is 0 Å². The second kappa shape index (κ2) is 16.6. The Labute approximate surface area is 323 Å². The third-order valence-corrected chi connectivity index (χ3v) is 8.95. The molecule has 0 saturated heterocycles. The molecular formula is C28H16Li4N2O11S3. The molecule has 0 aliphatic rings. The minimum Gasteiger partial charge on any atom is -0.754 e. The Bertz CT molecular complexity index is 2370. The Morgan fingerprint density at radius 2 is 1.02 bits per heavy atom. The minimum absolute atomic E-state index is 0. The van der Waals surface area contributed by atoms with Crippen molar-refractivity contribution in [3.05, 3.63) is 102 Å². The SMILES string of the molecule is O=C(Nc1ccc2c(S(=O)(=O)[O-])c[c-]cc2c1)c1cccc(C(=O)Nc2ccc3c(S(=O)(=O)[O-])cc(S(=O)(=O)[O-])cc3c2)c1.[Li+].[Li+].[Li+].[Li+]. The molecule has 5 aromatic carbocycles. The number of carbonyl (C=O) groups is 2. The van der Waals surface area contributed by atoms with Crippen LogP contribution in [-0.4, -0.2) is 50.7 Å². The van der Waals surface area contributed by atoms with E-state index in [-0.39, 0.29) is 114 Å². The summed E-state index contributed by atoms with van der Waals surface area (Å²) in [5.74, 6) is -1.34. The average molecular weight is 680 g/mol. The summed E-state index contributed by atoms with van der Waals surface area (Å²) in [4.78, 5) is 23.6. The standard InChI is InChI=1S/C28H19N2O11S3.4Li/c31-27(29-20-7-9-23-16(12-20)3-2-6-25(23)43(36,37)38)17-4-1-5-18(11-17)28(32)30-21-8-10-24-19(13-21)14-22(42(33,34)35)15-26(24)44(39,40)41;;;;/h1,3-15H,(H,29,31)(H,30,32)(H,33,34,35)(H,36,37,38)(H,39,40,41);;;;/q-1;4*+1/p-3. The number of rotatable bonds is 7. The third kappa shape index (κ3) is 9.89. The van der Waals surface area contributed by atoms with Crippen molar-refractivity contribution in [3.8, 4) is 0 Å². The summed E-state index contributed by atoms with van der Waals surface area (Å²) in [6.07, 6.45) is 0. The Hall–Kier alpha value is -2.32. The number of hydrogen-bond donors (Lipinski definition) is 2. The van der Waals surface area contributed by atoms with Crippen LogP contribution >= 0.6 is 0 Å². The van der Waals surface area contributed by atoms with Gasteiger partial charge in [0.1, 0.15) is 20.2 Å². The second-order valence-electron chi connectivity index (χ2n) is 9.33. The number of amides is 2. The normalized spacial score (nSPS) is 11.2. The summed E-state index contributed by atoms with van der Waals surface area (Å²) < 4.78 is 104. The van der Waals surface area contributed by atoms with Gasteiger partial charge in [-0.25, -0.2) is 16.8 Å². The Balaban J connectivity index is 0.00000288. The molecule has 2 N–H and O–H groups in total. The predicted molar refractivity (Wildman–Crippen MR) is 153 cm³/mol. The largest absolute Gasteiger partial charge is 1.00 e. The van der Waals surface area contributed by atoms with E-state index >= 15 is 0 Å². The van der Waals surface area contributed by atoms with Crippen LogP contribution in [0.2, 0.25) is 0 Å². The van der Waals surface area contributed by atoms with Crippen LogP contribution in [0.15, 0.2) is 99.6 Å². The van der Waals surface area contributed by atoms with Gasteiger partial charge in [-0.3, -0.25) is 18.0 Å². The smallest absolute Gasteiger partial charge is 0.754 e. The van der Waals surface area contributed by atoms with Crippen molar-refractivity contribution in [3.63, 3.8) is 0 Å². The van der Waals surface area contributed by atoms with Crippen LogP contribution < -0.4 is 86.1 Å². The topological polar surface area (TPSA) is 230 Å². The first kappa shape index (κ1) is 43.7. The van der Waals surface area contributed by atoms with Crippen LogP contribution in [-0.2, 0) is 30.4 Å². The molecule has 13 nitrogen and oxygen atoms in total. The molecule has 5 aromatic rings. The number of hydrogen-bond acceptors (Lipinski definition) is 11. The first-order chi connectivity index (χ1) is 20.5. The van der Waals surface area contributed by atoms with Gasteiger partial charge in [0.2, 0.25) is 0 Å². The minimum atomic E-state index is -5.16. The van der Waals surface area contributed by atoms with E-state index in [1.54, 1.807) is 0 Å². The fraction of sp³-hybridized carbons (Fsp3) is 0. The average Bonchev–Trinajstić information content (AvgIpc) is 2.94. The zero-order valence-electron chi connectivity index (χ0n) is 25.8. The summed E-state index contributed by atoms with van der Waals surface area (Å²) in [7, 11) is -15.0. The molecule has 0 unspecified atom stereocenters.